The molecule has 3 heterocycles. The van der Waals surface area contributed by atoms with Gasteiger partial charge >= 0.3 is 0 Å². The Morgan fingerprint density at radius 3 is 2.43 bits per heavy atom. The van der Waals surface area contributed by atoms with E-state index in [9.17, 15) is 9.59 Å². The first-order chi connectivity index (χ1) is 14.7. The Kier molecular flexibility index (Phi) is 7.95. The Balaban J connectivity index is 1.31. The van der Waals surface area contributed by atoms with Gasteiger partial charge in [0, 0.05) is 49.8 Å². The third kappa shape index (κ3) is 5.31. The molecule has 1 unspecified atom stereocenters. The molecule has 0 aromatic heterocycles. The average molecular weight is 439 g/mol. The van der Waals surface area contributed by atoms with Gasteiger partial charge in [-0.05, 0) is 32.2 Å². The summed E-state index contributed by atoms with van der Waals surface area (Å²) < 4.78 is 5.56. The molecule has 1 aliphatic carbocycles. The van der Waals surface area contributed by atoms with Gasteiger partial charge < -0.3 is 15.0 Å². The normalized spacial score (nSPS) is 28.4. The first kappa shape index (κ1) is 22.4. The highest BCUT2D eigenvalue weighted by atomic mass is 32.2. The number of hydrogen-bond donors (Lipinski definition) is 1. The van der Waals surface area contributed by atoms with Crippen LogP contribution >= 0.6 is 11.8 Å². The van der Waals surface area contributed by atoms with E-state index in [0.29, 0.717) is 6.54 Å². The van der Waals surface area contributed by atoms with E-state index in [0.717, 1.165) is 89.7 Å². The van der Waals surface area contributed by atoms with E-state index in [4.69, 9.17) is 4.74 Å². The summed E-state index contributed by atoms with van der Waals surface area (Å²) >= 11 is 1.92. The Bertz CT molecular complexity index is 587. The van der Waals surface area contributed by atoms with Crippen LogP contribution in [0, 0.1) is 0 Å². The minimum atomic E-state index is -0.110. The zero-order valence-electron chi connectivity index (χ0n) is 18.3. The fraction of sp³-hybridized carbons (Fsp3) is 0.909. The van der Waals surface area contributed by atoms with Gasteiger partial charge in [0.2, 0.25) is 11.8 Å². The number of carbonyl (C=O) groups excluding carboxylic acids is 2. The molecule has 4 rings (SSSR count). The van der Waals surface area contributed by atoms with Crippen molar-refractivity contribution in [3.05, 3.63) is 0 Å². The molecule has 0 spiro atoms. The fourth-order valence-electron chi connectivity index (χ4n) is 5.65. The molecule has 1 saturated carbocycles. The highest BCUT2D eigenvalue weighted by Crippen LogP contribution is 2.34. The molecule has 0 aromatic carbocycles. The highest BCUT2D eigenvalue weighted by molar-refractivity contribution is 7.99. The maximum absolute atomic E-state index is 13.0. The second kappa shape index (κ2) is 10.7. The van der Waals surface area contributed by atoms with Crippen LogP contribution in [-0.2, 0) is 14.3 Å². The van der Waals surface area contributed by atoms with Gasteiger partial charge in [-0.3, -0.25) is 19.4 Å². The lowest BCUT2D eigenvalue weighted by Crippen LogP contribution is -2.60. The molecule has 2 amide bonds. The van der Waals surface area contributed by atoms with Crippen LogP contribution in [-0.4, -0.2) is 109 Å². The Labute approximate surface area is 185 Å². The van der Waals surface area contributed by atoms with Gasteiger partial charge in [0.15, 0.2) is 0 Å². The van der Waals surface area contributed by atoms with Crippen molar-refractivity contribution < 1.29 is 14.3 Å². The van der Waals surface area contributed by atoms with Crippen LogP contribution in [0.2, 0.25) is 0 Å². The van der Waals surface area contributed by atoms with Crippen molar-refractivity contribution in [2.75, 3.05) is 70.5 Å². The van der Waals surface area contributed by atoms with Crippen LogP contribution < -0.4 is 5.32 Å². The predicted molar refractivity (Wildman–Crippen MR) is 120 cm³/mol. The molecule has 8 heteroatoms. The van der Waals surface area contributed by atoms with Crippen molar-refractivity contribution in [1.29, 1.82) is 0 Å². The van der Waals surface area contributed by atoms with Gasteiger partial charge in [-0.1, -0.05) is 19.3 Å². The number of nitrogens with one attached hydrogen (secondary N) is 1. The van der Waals surface area contributed by atoms with E-state index < -0.39 is 0 Å². The molecular formula is C22H38N4O3S. The Morgan fingerprint density at radius 1 is 0.967 bits per heavy atom. The van der Waals surface area contributed by atoms with Crippen LogP contribution in [0.5, 0.6) is 0 Å². The molecule has 1 N–H and O–H groups in total. The maximum atomic E-state index is 13.0. The fourth-order valence-corrected chi connectivity index (χ4v) is 6.55. The molecule has 170 valence electrons. The van der Waals surface area contributed by atoms with Gasteiger partial charge in [-0.25, -0.2) is 0 Å². The Hall–Kier alpha value is -0.830. The third-order valence-electron chi connectivity index (χ3n) is 7.40. The van der Waals surface area contributed by atoms with E-state index in [-0.39, 0.29) is 23.4 Å². The zero-order chi connectivity index (χ0) is 20.8. The number of ether oxygens (including phenoxy) is 1. The number of rotatable bonds is 6. The summed E-state index contributed by atoms with van der Waals surface area (Å²) in [5.74, 6) is 2.37. The average Bonchev–Trinajstić information content (AvgIpc) is 3.27. The summed E-state index contributed by atoms with van der Waals surface area (Å²) in [6.07, 6.45) is 7.98. The van der Waals surface area contributed by atoms with E-state index in [1.54, 1.807) is 0 Å². The third-order valence-corrected chi connectivity index (χ3v) is 8.34. The van der Waals surface area contributed by atoms with E-state index in [1.807, 2.05) is 16.7 Å². The van der Waals surface area contributed by atoms with Gasteiger partial charge in [-0.2, -0.15) is 11.8 Å². The summed E-state index contributed by atoms with van der Waals surface area (Å²) in [5, 5.41) is 3.27. The molecule has 4 aliphatic rings. The summed E-state index contributed by atoms with van der Waals surface area (Å²) in [6.45, 7) is 7.13. The van der Waals surface area contributed by atoms with Crippen molar-refractivity contribution >= 4 is 23.6 Å². The number of thioether (sulfide) groups is 1. The molecule has 1 atom stereocenters. The molecule has 0 aromatic rings. The summed E-state index contributed by atoms with van der Waals surface area (Å²) in [6, 6.07) is -0.110. The SMILES string of the molecule is O=C(CN1CCCC1C(=O)N1CCSCC1)NCC1(N2CCOCC2)CCCCC1. The monoisotopic (exact) mass is 438 g/mol. The predicted octanol–water partition coefficient (Wildman–Crippen LogP) is 1.18. The molecule has 3 saturated heterocycles. The molecular weight excluding hydrogens is 400 g/mol. The highest BCUT2D eigenvalue weighted by Gasteiger charge is 2.39. The first-order valence-electron chi connectivity index (χ1n) is 11.9. The molecule has 3 aliphatic heterocycles. The Morgan fingerprint density at radius 2 is 1.70 bits per heavy atom. The lowest BCUT2D eigenvalue weighted by atomic mass is 9.79. The quantitative estimate of drug-likeness (QED) is 0.672. The minimum absolute atomic E-state index is 0.0714. The second-order valence-corrected chi connectivity index (χ2v) is 10.5. The number of carbonyl (C=O) groups is 2. The zero-order valence-corrected chi connectivity index (χ0v) is 19.1. The van der Waals surface area contributed by atoms with Gasteiger partial charge in [-0.15, -0.1) is 0 Å². The van der Waals surface area contributed by atoms with E-state index >= 15 is 0 Å². The van der Waals surface area contributed by atoms with Crippen LogP contribution in [0.1, 0.15) is 44.9 Å². The second-order valence-electron chi connectivity index (χ2n) is 9.23. The summed E-state index contributed by atoms with van der Waals surface area (Å²) in [4.78, 5) is 32.5. The van der Waals surface area contributed by atoms with Gasteiger partial charge in [0.1, 0.15) is 0 Å². The summed E-state index contributed by atoms with van der Waals surface area (Å²) in [5.41, 5.74) is 0.0867. The minimum Gasteiger partial charge on any atom is -0.379 e. The molecule has 0 bridgehead atoms. The van der Waals surface area contributed by atoms with Crippen molar-refractivity contribution in [3.63, 3.8) is 0 Å². The molecule has 7 nitrogen and oxygen atoms in total. The molecule has 4 fully saturated rings. The number of nitrogens with zero attached hydrogens (tertiary/aromatic N) is 3. The number of hydrogen-bond acceptors (Lipinski definition) is 6. The number of likely N-dealkylation sites (tertiary alicyclic amines) is 1. The lowest BCUT2D eigenvalue weighted by molar-refractivity contribution is -0.136. The topological polar surface area (TPSA) is 65.1 Å². The maximum Gasteiger partial charge on any atom is 0.239 e. The number of morpholine rings is 1. The smallest absolute Gasteiger partial charge is 0.239 e. The molecule has 30 heavy (non-hydrogen) atoms. The van der Waals surface area contributed by atoms with Crippen molar-refractivity contribution in [2.24, 2.45) is 0 Å². The first-order valence-corrected chi connectivity index (χ1v) is 13.0. The van der Waals surface area contributed by atoms with Crippen LogP contribution in [0.25, 0.3) is 0 Å². The summed E-state index contributed by atoms with van der Waals surface area (Å²) in [7, 11) is 0. The van der Waals surface area contributed by atoms with E-state index in [1.165, 1.54) is 19.3 Å². The van der Waals surface area contributed by atoms with Crippen molar-refractivity contribution in [2.45, 2.75) is 56.5 Å². The van der Waals surface area contributed by atoms with Crippen molar-refractivity contribution in [3.8, 4) is 0 Å². The standard InChI is InChI=1S/C22H38N4O3S/c27-20(17-25-8-4-5-19(25)21(28)24-11-15-30-16-12-24)23-18-22(6-2-1-3-7-22)26-9-13-29-14-10-26/h19H,1-18H2,(H,23,27). The van der Waals surface area contributed by atoms with Gasteiger partial charge in [0.25, 0.3) is 0 Å². The molecule has 0 radical (unpaired) electrons. The van der Waals surface area contributed by atoms with Gasteiger partial charge in [0.05, 0.1) is 25.8 Å². The van der Waals surface area contributed by atoms with E-state index in [2.05, 4.69) is 15.1 Å². The largest absolute Gasteiger partial charge is 0.379 e. The van der Waals surface area contributed by atoms with Crippen molar-refractivity contribution in [1.82, 2.24) is 20.0 Å². The van der Waals surface area contributed by atoms with Crippen LogP contribution in [0.15, 0.2) is 0 Å². The van der Waals surface area contributed by atoms with Crippen LogP contribution in [0.4, 0.5) is 0 Å². The van der Waals surface area contributed by atoms with Crippen LogP contribution in [0.3, 0.4) is 0 Å². The number of amides is 2. The lowest BCUT2D eigenvalue weighted by Gasteiger charge is -2.48.